The van der Waals surface area contributed by atoms with Crippen molar-refractivity contribution >= 4 is 127 Å². The van der Waals surface area contributed by atoms with E-state index in [9.17, 15) is 5.11 Å². The molecule has 0 saturated heterocycles. The summed E-state index contributed by atoms with van der Waals surface area (Å²) >= 11 is 25.6. The van der Waals surface area contributed by atoms with Gasteiger partial charge in [-0.05, 0) is 80.4 Å². The van der Waals surface area contributed by atoms with Crippen LogP contribution in [-0.4, -0.2) is 30.7 Å². The first-order valence-electron chi connectivity index (χ1n) is 8.60. The molecule has 0 radical (unpaired) electrons. The third-order valence-electron chi connectivity index (χ3n) is 3.60. The molecule has 4 nitrogen and oxygen atoms in total. The van der Waals surface area contributed by atoms with Crippen LogP contribution in [0.1, 0.15) is 0 Å². The quantitative estimate of drug-likeness (QED) is 0.154. The molecule has 4 rings (SSSR count). The summed E-state index contributed by atoms with van der Waals surface area (Å²) in [6.07, 6.45) is 3.47. The lowest BCUT2D eigenvalue weighted by Gasteiger charge is -2.05. The maximum Gasteiger partial charge on any atom is 0.369 e. The van der Waals surface area contributed by atoms with Gasteiger partial charge < -0.3 is 9.84 Å². The molecule has 0 aliphatic carbocycles. The van der Waals surface area contributed by atoms with Crippen molar-refractivity contribution in [2.45, 2.75) is 0 Å². The zero-order valence-corrected chi connectivity index (χ0v) is 25.9. The molecular weight excluding hydrogens is 781 g/mol. The van der Waals surface area contributed by atoms with Crippen LogP contribution in [0.5, 0.6) is 11.5 Å². The van der Waals surface area contributed by atoms with E-state index in [1.807, 2.05) is 30.3 Å². The molecule has 0 fully saturated rings. The number of aromatic hydroxyl groups is 1. The number of fused-ring (bicyclic) bond motifs is 2. The lowest BCUT2D eigenvalue weighted by atomic mass is 10.2. The number of phenolic OH excluding ortho intramolecular Hbond substituents is 1. The Morgan fingerprint density at radius 3 is 1.75 bits per heavy atom. The molecule has 32 heavy (non-hydrogen) atoms. The normalized spacial score (nSPS) is 9.50. The van der Waals surface area contributed by atoms with Crippen LogP contribution in [0, 0.1) is 0 Å². The number of nitrogens with zero attached hydrogens (tertiary/aromatic N) is 2. The highest BCUT2D eigenvalue weighted by Gasteiger charge is 2.04. The number of aromatic nitrogens is 2. The van der Waals surface area contributed by atoms with Crippen LogP contribution in [0.25, 0.3) is 21.8 Å². The van der Waals surface area contributed by atoms with Gasteiger partial charge in [0.1, 0.15) is 11.5 Å². The molecule has 0 spiro atoms. The predicted molar refractivity (Wildman–Crippen MR) is 156 cm³/mol. The molecule has 0 aliphatic heterocycles. The fraction of sp³-hybridized carbons (Fsp3) is 0.100. The van der Waals surface area contributed by atoms with Gasteiger partial charge in [-0.1, -0.05) is 0 Å². The molecule has 170 valence electrons. The number of hydrogen-bond acceptors (Lipinski definition) is 4. The summed E-state index contributed by atoms with van der Waals surface area (Å²) in [7, 11) is 1.66. The first-order valence-corrected chi connectivity index (χ1v) is 14.0. The molecule has 0 aliphatic rings. The summed E-state index contributed by atoms with van der Waals surface area (Å²) in [6.45, 7) is 0. The first-order chi connectivity index (χ1) is 15.3. The average Bonchev–Trinajstić information content (AvgIpc) is 2.78. The molecule has 2 aromatic heterocycles. The number of rotatable bonds is 1. The Kier molecular flexibility index (Phi) is 15.5. The maximum absolute atomic E-state index is 9.43. The second kappa shape index (κ2) is 16.5. The Hall–Kier alpha value is -0.0951. The summed E-state index contributed by atoms with van der Waals surface area (Å²) in [4.78, 5) is 8.40. The minimum absolute atomic E-state index is 0.194. The van der Waals surface area contributed by atoms with E-state index in [1.165, 1.54) is 0 Å². The van der Waals surface area contributed by atoms with Crippen LogP contribution in [0.3, 0.4) is 0 Å². The van der Waals surface area contributed by atoms with Crippen molar-refractivity contribution < 1.29 is 9.84 Å². The van der Waals surface area contributed by atoms with Gasteiger partial charge in [0.05, 0.1) is 23.5 Å². The number of ether oxygens (including phenoxy) is 1. The zero-order chi connectivity index (χ0) is 24.1. The fourth-order valence-electron chi connectivity index (χ4n) is 2.41. The van der Waals surface area contributed by atoms with Gasteiger partial charge in [-0.25, -0.2) is 0 Å². The SMILES string of the molecule is BrB(Br)Br.COc1ccc(Br)c2ncccc12.ClCCl.Oc1ccc(Br)c2ncccc12. The number of benzene rings is 2. The highest BCUT2D eigenvalue weighted by Crippen LogP contribution is 2.30. The van der Waals surface area contributed by atoms with Crippen LogP contribution in [0.15, 0.2) is 69.9 Å². The second-order valence-corrected chi connectivity index (χ2v) is 14.4. The second-order valence-electron chi connectivity index (χ2n) is 5.46. The molecule has 12 heteroatoms. The van der Waals surface area contributed by atoms with E-state index in [4.69, 9.17) is 27.9 Å². The lowest BCUT2D eigenvalue weighted by molar-refractivity contribution is 0.419. The Morgan fingerprint density at radius 1 is 0.844 bits per heavy atom. The molecule has 0 saturated carbocycles. The van der Waals surface area contributed by atoms with Crippen LogP contribution in [0.2, 0.25) is 0 Å². The van der Waals surface area contributed by atoms with Crippen molar-refractivity contribution in [1.82, 2.24) is 9.97 Å². The van der Waals surface area contributed by atoms with Crippen molar-refractivity contribution in [3.05, 3.63) is 69.9 Å². The van der Waals surface area contributed by atoms with Crippen molar-refractivity contribution in [2.24, 2.45) is 0 Å². The van der Waals surface area contributed by atoms with Crippen LogP contribution in [-0.2, 0) is 0 Å². The summed E-state index contributed by atoms with van der Waals surface area (Å²) in [5, 5.41) is 11.4. The Morgan fingerprint density at radius 2 is 1.28 bits per heavy atom. The van der Waals surface area contributed by atoms with Gasteiger partial charge in [0.15, 0.2) is 0 Å². The highest BCUT2D eigenvalue weighted by atomic mass is 79.9. The van der Waals surface area contributed by atoms with Crippen molar-refractivity contribution in [3.63, 3.8) is 0 Å². The number of halogens is 7. The minimum atomic E-state index is 0.194. The average molecular weight is 798 g/mol. The molecule has 1 N–H and O–H groups in total. The lowest BCUT2D eigenvalue weighted by Crippen LogP contribution is -1.86. The summed E-state index contributed by atoms with van der Waals surface area (Å²) < 4.78 is 7.38. The molecule has 2 heterocycles. The largest absolute Gasteiger partial charge is 0.507 e. The summed E-state index contributed by atoms with van der Waals surface area (Å²) in [6, 6.07) is 14.8. The van der Waals surface area contributed by atoms with Crippen molar-refractivity contribution in [2.75, 3.05) is 12.4 Å². The van der Waals surface area contributed by atoms with E-state index in [2.05, 4.69) is 89.1 Å². The van der Waals surface area contributed by atoms with Crippen molar-refractivity contribution in [1.29, 1.82) is 0 Å². The predicted octanol–water partition coefficient (Wildman–Crippen LogP) is 9.29. The van der Waals surface area contributed by atoms with E-state index in [-0.39, 0.29) is 14.3 Å². The zero-order valence-electron chi connectivity index (χ0n) is 16.5. The van der Waals surface area contributed by atoms with E-state index < -0.39 is 0 Å². The molecule has 4 aromatic rings. The van der Waals surface area contributed by atoms with Gasteiger partial charge in [-0.3, -0.25) is 9.97 Å². The van der Waals surface area contributed by atoms with Crippen molar-refractivity contribution in [3.8, 4) is 11.5 Å². The van der Waals surface area contributed by atoms with Crippen LogP contribution in [0.4, 0.5) is 0 Å². The molecule has 0 atom stereocenters. The van der Waals surface area contributed by atoms with Gasteiger partial charge in [0.2, 0.25) is 0 Å². The monoisotopic (exact) mass is 792 g/mol. The Balaban J connectivity index is 0.000000250. The molecule has 0 amide bonds. The van der Waals surface area contributed by atoms with E-state index in [0.29, 0.717) is 0 Å². The molecule has 0 bridgehead atoms. The third-order valence-corrected chi connectivity index (χ3v) is 4.88. The Bertz CT molecular complexity index is 1080. The highest BCUT2D eigenvalue weighted by molar-refractivity contribution is 9.69. The van der Waals surface area contributed by atoms with Gasteiger partial charge >= 0.3 is 3.18 Å². The topological polar surface area (TPSA) is 55.2 Å². The maximum atomic E-state index is 9.43. The Labute approximate surface area is 238 Å². The van der Waals surface area contributed by atoms with Crippen LogP contribution < -0.4 is 4.74 Å². The number of hydrogen-bond donors (Lipinski definition) is 1. The van der Waals surface area contributed by atoms with Crippen LogP contribution >= 0.6 is 102 Å². The van der Waals surface area contributed by atoms with E-state index >= 15 is 0 Å². The standard InChI is InChI=1S/C10H8BrNO.C9H6BrNO.CH2Cl2.BBr3/c1-13-9-5-4-8(11)10-7(9)3-2-6-12-10;10-7-3-4-8(12)6-2-1-5-11-9(6)7;2-1-3;2-1(3)4/h2-6H,1H3;1-5,12H;1H2;. The number of alkyl halides is 2. The number of phenols is 1. The van der Waals surface area contributed by atoms with Gasteiger partial charge in [-0.15, -0.1) is 70.5 Å². The van der Waals surface area contributed by atoms with Gasteiger partial charge in [-0.2, -0.15) is 0 Å². The third kappa shape index (κ3) is 10.0. The van der Waals surface area contributed by atoms with Gasteiger partial charge in [0.25, 0.3) is 0 Å². The molecule has 0 unspecified atom stereocenters. The summed E-state index contributed by atoms with van der Waals surface area (Å²) in [5.41, 5.74) is 1.72. The minimum Gasteiger partial charge on any atom is -0.507 e. The smallest absolute Gasteiger partial charge is 0.369 e. The fourth-order valence-corrected chi connectivity index (χ4v) is 3.31. The molecular formula is C20H16BBr5Cl2N2O2. The first kappa shape index (κ1) is 29.9. The van der Waals surface area contributed by atoms with E-state index in [1.54, 1.807) is 37.7 Å². The number of pyridine rings is 2. The summed E-state index contributed by atoms with van der Waals surface area (Å²) in [5.74, 6) is 1.12. The molecule has 2 aromatic carbocycles. The van der Waals surface area contributed by atoms with Gasteiger partial charge in [0, 0.05) is 32.1 Å². The number of methoxy groups -OCH3 is 1. The van der Waals surface area contributed by atoms with E-state index in [0.717, 1.165) is 36.5 Å².